The first kappa shape index (κ1) is 15.8. The Balaban J connectivity index is 2.04. The largest absolute Gasteiger partial charge is 0.349 e. The Morgan fingerprint density at radius 1 is 1.33 bits per heavy atom. The highest BCUT2D eigenvalue weighted by Gasteiger charge is 2.20. The first-order valence-electron chi connectivity index (χ1n) is 7.22. The van der Waals surface area contributed by atoms with Crippen molar-refractivity contribution < 1.29 is 9.72 Å². The van der Waals surface area contributed by atoms with Gasteiger partial charge in [-0.3, -0.25) is 14.9 Å². The fourth-order valence-electron chi connectivity index (χ4n) is 2.70. The second-order valence-electron chi connectivity index (χ2n) is 5.71. The molecule has 6 heteroatoms. The fraction of sp³-hybridized carbons (Fsp3) is 0.533. The van der Waals surface area contributed by atoms with Crippen molar-refractivity contribution in [2.75, 3.05) is 0 Å². The molecular weight excluding hydrogens is 292 g/mol. The highest BCUT2D eigenvalue weighted by atomic mass is 35.5. The zero-order valence-electron chi connectivity index (χ0n) is 12.0. The highest BCUT2D eigenvalue weighted by molar-refractivity contribution is 6.34. The van der Waals surface area contributed by atoms with E-state index >= 15 is 0 Å². The lowest BCUT2D eigenvalue weighted by atomic mass is 10.0. The summed E-state index contributed by atoms with van der Waals surface area (Å²) in [6, 6.07) is 4.09. The van der Waals surface area contributed by atoms with Crippen LogP contribution in [0, 0.1) is 16.0 Å². The minimum absolute atomic E-state index is 0.111. The number of rotatable bonds is 3. The zero-order chi connectivity index (χ0) is 15.4. The zero-order valence-corrected chi connectivity index (χ0v) is 12.7. The van der Waals surface area contributed by atoms with E-state index in [0.717, 1.165) is 25.7 Å². The van der Waals surface area contributed by atoms with Crippen LogP contribution in [0.25, 0.3) is 0 Å². The van der Waals surface area contributed by atoms with Gasteiger partial charge in [0, 0.05) is 18.2 Å². The summed E-state index contributed by atoms with van der Waals surface area (Å²) >= 11 is 5.98. The Hall–Kier alpha value is -1.62. The number of nitro benzene ring substituents is 1. The number of carbonyl (C=O) groups excluding carboxylic acids is 1. The molecule has 0 bridgehead atoms. The second kappa shape index (κ2) is 6.89. The smallest absolute Gasteiger partial charge is 0.270 e. The number of halogens is 1. The van der Waals surface area contributed by atoms with Crippen molar-refractivity contribution in [1.29, 1.82) is 0 Å². The van der Waals surface area contributed by atoms with Gasteiger partial charge in [0.2, 0.25) is 0 Å². The van der Waals surface area contributed by atoms with Crippen molar-refractivity contribution in [2.24, 2.45) is 5.92 Å². The van der Waals surface area contributed by atoms with Crippen LogP contribution in [0.3, 0.4) is 0 Å². The van der Waals surface area contributed by atoms with Gasteiger partial charge in [0.25, 0.3) is 11.6 Å². The summed E-state index contributed by atoms with van der Waals surface area (Å²) in [5.74, 6) is 0.448. The molecule has 5 nitrogen and oxygen atoms in total. The van der Waals surface area contributed by atoms with Crippen LogP contribution in [0.1, 0.15) is 49.4 Å². The molecule has 1 aromatic rings. The van der Waals surface area contributed by atoms with E-state index in [1.165, 1.54) is 24.6 Å². The van der Waals surface area contributed by atoms with Gasteiger partial charge < -0.3 is 5.32 Å². The van der Waals surface area contributed by atoms with Gasteiger partial charge in [0.15, 0.2) is 0 Å². The molecule has 2 unspecified atom stereocenters. The molecular formula is C15H19ClN2O3. The number of nitro groups is 1. The summed E-state index contributed by atoms with van der Waals surface area (Å²) in [6.07, 6.45) is 5.36. The van der Waals surface area contributed by atoms with Gasteiger partial charge in [-0.2, -0.15) is 0 Å². The highest BCUT2D eigenvalue weighted by Crippen LogP contribution is 2.25. The predicted octanol–water partition coefficient (Wildman–Crippen LogP) is 3.95. The van der Waals surface area contributed by atoms with Gasteiger partial charge in [-0.25, -0.2) is 0 Å². The van der Waals surface area contributed by atoms with Crippen LogP contribution in [0.4, 0.5) is 5.69 Å². The second-order valence-corrected chi connectivity index (χ2v) is 6.11. The van der Waals surface area contributed by atoms with E-state index in [9.17, 15) is 14.9 Å². The third-order valence-electron chi connectivity index (χ3n) is 4.00. The third-order valence-corrected chi connectivity index (χ3v) is 4.31. The minimum atomic E-state index is -0.528. The molecule has 0 radical (unpaired) electrons. The van der Waals surface area contributed by atoms with Crippen molar-refractivity contribution in [1.82, 2.24) is 5.32 Å². The molecule has 1 fully saturated rings. The average molecular weight is 311 g/mol. The van der Waals surface area contributed by atoms with E-state index < -0.39 is 4.92 Å². The third kappa shape index (κ3) is 4.17. The standard InChI is InChI=1S/C15H19ClN2O3/c1-10-3-2-4-11(6-5-10)17-15(19)13-8-7-12(18(20)21)9-14(13)16/h7-11H,2-6H2,1H3,(H,17,19). The van der Waals surface area contributed by atoms with Crippen LogP contribution in [0.2, 0.25) is 5.02 Å². The molecule has 0 aliphatic heterocycles. The van der Waals surface area contributed by atoms with E-state index in [1.807, 2.05) is 0 Å². The van der Waals surface area contributed by atoms with Gasteiger partial charge in [0.1, 0.15) is 0 Å². The fourth-order valence-corrected chi connectivity index (χ4v) is 2.96. The summed E-state index contributed by atoms with van der Waals surface area (Å²) in [6.45, 7) is 2.23. The lowest BCUT2D eigenvalue weighted by Gasteiger charge is -2.16. The van der Waals surface area contributed by atoms with Crippen LogP contribution < -0.4 is 5.32 Å². The summed E-state index contributed by atoms with van der Waals surface area (Å²) in [4.78, 5) is 22.4. The molecule has 2 rings (SSSR count). The summed E-state index contributed by atoms with van der Waals surface area (Å²) < 4.78 is 0. The molecule has 1 aliphatic carbocycles. The molecule has 0 spiro atoms. The van der Waals surface area contributed by atoms with E-state index in [4.69, 9.17) is 11.6 Å². The lowest BCUT2D eigenvalue weighted by Crippen LogP contribution is -2.34. The van der Waals surface area contributed by atoms with E-state index in [2.05, 4.69) is 12.2 Å². The number of nitrogens with zero attached hydrogens (tertiary/aromatic N) is 1. The van der Waals surface area contributed by atoms with Crippen LogP contribution in [0.5, 0.6) is 0 Å². The van der Waals surface area contributed by atoms with Gasteiger partial charge in [0.05, 0.1) is 15.5 Å². The van der Waals surface area contributed by atoms with E-state index in [0.29, 0.717) is 11.5 Å². The molecule has 1 aromatic carbocycles. The topological polar surface area (TPSA) is 72.2 Å². The number of benzene rings is 1. The van der Waals surface area contributed by atoms with Crippen molar-refractivity contribution in [2.45, 2.75) is 45.1 Å². The summed E-state index contributed by atoms with van der Waals surface area (Å²) in [7, 11) is 0. The Kier molecular flexibility index (Phi) is 5.17. The first-order chi connectivity index (χ1) is 9.97. The number of carbonyl (C=O) groups is 1. The van der Waals surface area contributed by atoms with Crippen molar-refractivity contribution in [3.05, 3.63) is 38.9 Å². The Bertz CT molecular complexity index is 548. The van der Waals surface area contributed by atoms with Crippen LogP contribution >= 0.6 is 11.6 Å². The molecule has 1 aliphatic rings. The van der Waals surface area contributed by atoms with Crippen molar-refractivity contribution in [3.8, 4) is 0 Å². The van der Waals surface area contributed by atoms with Crippen LogP contribution in [-0.4, -0.2) is 16.9 Å². The maximum atomic E-state index is 12.2. The number of amides is 1. The van der Waals surface area contributed by atoms with Gasteiger partial charge >= 0.3 is 0 Å². The Morgan fingerprint density at radius 2 is 2.10 bits per heavy atom. The Morgan fingerprint density at radius 3 is 2.76 bits per heavy atom. The average Bonchev–Trinajstić information content (AvgIpc) is 2.63. The van der Waals surface area contributed by atoms with Gasteiger partial charge in [-0.05, 0) is 31.2 Å². The van der Waals surface area contributed by atoms with E-state index in [1.54, 1.807) is 0 Å². The number of non-ortho nitro benzene ring substituents is 1. The normalized spacial score (nSPS) is 22.4. The number of hydrogen-bond donors (Lipinski definition) is 1. The quantitative estimate of drug-likeness (QED) is 0.522. The summed E-state index contributed by atoms with van der Waals surface area (Å²) in [5, 5.41) is 13.8. The number of hydrogen-bond acceptors (Lipinski definition) is 3. The molecule has 1 saturated carbocycles. The van der Waals surface area contributed by atoms with Crippen LogP contribution in [-0.2, 0) is 0 Å². The molecule has 2 atom stereocenters. The van der Waals surface area contributed by atoms with E-state index in [-0.39, 0.29) is 22.7 Å². The molecule has 114 valence electrons. The monoisotopic (exact) mass is 310 g/mol. The minimum Gasteiger partial charge on any atom is -0.349 e. The first-order valence-corrected chi connectivity index (χ1v) is 7.60. The molecule has 1 amide bonds. The molecule has 21 heavy (non-hydrogen) atoms. The number of nitrogens with one attached hydrogen (secondary N) is 1. The Labute approximate surface area is 128 Å². The van der Waals surface area contributed by atoms with Gasteiger partial charge in [-0.1, -0.05) is 31.4 Å². The van der Waals surface area contributed by atoms with Crippen LogP contribution in [0.15, 0.2) is 18.2 Å². The molecule has 0 heterocycles. The molecule has 1 N–H and O–H groups in total. The molecule has 0 saturated heterocycles. The maximum absolute atomic E-state index is 12.2. The SMILES string of the molecule is CC1CCCC(NC(=O)c2ccc([N+](=O)[O-])cc2Cl)CC1. The van der Waals surface area contributed by atoms with Crippen molar-refractivity contribution >= 4 is 23.2 Å². The maximum Gasteiger partial charge on any atom is 0.270 e. The molecule has 0 aromatic heterocycles. The summed E-state index contributed by atoms with van der Waals surface area (Å²) in [5.41, 5.74) is 0.180. The lowest BCUT2D eigenvalue weighted by molar-refractivity contribution is -0.384. The van der Waals surface area contributed by atoms with Gasteiger partial charge in [-0.15, -0.1) is 0 Å². The predicted molar refractivity (Wildman–Crippen MR) is 81.6 cm³/mol. The van der Waals surface area contributed by atoms with Crippen molar-refractivity contribution in [3.63, 3.8) is 0 Å².